The monoisotopic (exact) mass is 569 g/mol. The molecule has 1 aromatic carbocycles. The molecule has 4 N–H and O–H groups in total. The molecule has 3 rings (SSSR count). The fourth-order valence-electron chi connectivity index (χ4n) is 2.53. The molecule has 214 valence electrons. The van der Waals surface area contributed by atoms with Crippen LogP contribution in [0.15, 0.2) is 42.9 Å². The summed E-state index contributed by atoms with van der Waals surface area (Å²) in [5.41, 5.74) is 2.55. The van der Waals surface area contributed by atoms with Gasteiger partial charge in [0.15, 0.2) is 0 Å². The van der Waals surface area contributed by atoms with Crippen LogP contribution in [0.25, 0.3) is 5.69 Å². The van der Waals surface area contributed by atoms with Crippen LogP contribution in [0.2, 0.25) is 0 Å². The van der Waals surface area contributed by atoms with Gasteiger partial charge in [-0.15, -0.1) is 0 Å². The zero-order chi connectivity index (χ0) is 29.7. The highest BCUT2D eigenvalue weighted by atomic mass is 19.4. The lowest BCUT2D eigenvalue weighted by Crippen LogP contribution is -2.27. The number of carboxylic acids is 3. The van der Waals surface area contributed by atoms with E-state index >= 15 is 0 Å². The first-order valence-corrected chi connectivity index (χ1v) is 9.97. The summed E-state index contributed by atoms with van der Waals surface area (Å²) < 4.78 is 97.4. The van der Waals surface area contributed by atoms with Gasteiger partial charge in [-0.25, -0.2) is 19.4 Å². The van der Waals surface area contributed by atoms with E-state index in [2.05, 4.69) is 39.1 Å². The zero-order valence-electron chi connectivity index (χ0n) is 18.8. The second kappa shape index (κ2) is 14.8. The van der Waals surface area contributed by atoms with Crippen molar-refractivity contribution in [3.8, 4) is 5.69 Å². The molecule has 0 saturated carbocycles. The predicted octanol–water partition coefficient (Wildman–Crippen LogP) is 4.24. The van der Waals surface area contributed by atoms with Gasteiger partial charge in [0.2, 0.25) is 0 Å². The first-order chi connectivity index (χ1) is 17.3. The number of hydrogen-bond acceptors (Lipinski definition) is 5. The smallest absolute Gasteiger partial charge is 0.475 e. The van der Waals surface area contributed by atoms with Gasteiger partial charge < -0.3 is 25.2 Å². The molecule has 0 bridgehead atoms. The van der Waals surface area contributed by atoms with Crippen LogP contribution >= 0.6 is 0 Å². The summed E-state index contributed by atoms with van der Waals surface area (Å²) in [7, 11) is 0. The number of carboxylic acid groups (broad SMARTS) is 3. The molecule has 1 aliphatic rings. The lowest BCUT2D eigenvalue weighted by Gasteiger charge is -2.23. The van der Waals surface area contributed by atoms with Crippen molar-refractivity contribution in [3.05, 3.63) is 48.5 Å². The average molecular weight is 569 g/mol. The summed E-state index contributed by atoms with van der Waals surface area (Å²) in [6.07, 6.45) is -8.90. The van der Waals surface area contributed by atoms with Crippen LogP contribution in [0.1, 0.15) is 24.5 Å². The number of piperidine rings is 1. The van der Waals surface area contributed by atoms with E-state index in [0.717, 1.165) is 13.1 Å². The predicted molar refractivity (Wildman–Crippen MR) is 109 cm³/mol. The maximum atomic E-state index is 10.6. The number of halogens is 9. The lowest BCUT2D eigenvalue weighted by atomic mass is 9.95. The third-order valence-corrected chi connectivity index (χ3v) is 4.19. The molecule has 1 aliphatic heterocycles. The molecular weight excluding hydrogens is 549 g/mol. The summed E-state index contributed by atoms with van der Waals surface area (Å²) in [5, 5.41) is 24.8. The minimum atomic E-state index is -5.08. The Morgan fingerprint density at radius 3 is 1.47 bits per heavy atom. The largest absolute Gasteiger partial charge is 0.490 e. The van der Waals surface area contributed by atoms with Gasteiger partial charge >= 0.3 is 36.4 Å². The molecule has 0 radical (unpaired) electrons. The minimum Gasteiger partial charge on any atom is -0.475 e. The molecule has 18 heteroatoms. The zero-order valence-corrected chi connectivity index (χ0v) is 18.8. The fraction of sp³-hybridized carbons (Fsp3) is 0.400. The highest BCUT2D eigenvalue weighted by molar-refractivity contribution is 5.73. The normalized spacial score (nSPS) is 13.9. The van der Waals surface area contributed by atoms with Crippen molar-refractivity contribution in [2.24, 2.45) is 0 Å². The van der Waals surface area contributed by atoms with E-state index in [9.17, 15) is 39.5 Å². The molecule has 0 atom stereocenters. The molecule has 2 aromatic rings. The summed E-state index contributed by atoms with van der Waals surface area (Å²) in [4.78, 5) is 31.0. The summed E-state index contributed by atoms with van der Waals surface area (Å²) in [6, 6.07) is 10.5. The Morgan fingerprint density at radius 2 is 1.13 bits per heavy atom. The van der Waals surface area contributed by atoms with E-state index in [0.29, 0.717) is 5.92 Å². The van der Waals surface area contributed by atoms with Gasteiger partial charge in [0.1, 0.15) is 0 Å². The van der Waals surface area contributed by atoms with Gasteiger partial charge in [0.25, 0.3) is 0 Å². The number of hydrogen-bond donors (Lipinski definition) is 4. The molecule has 1 fully saturated rings. The van der Waals surface area contributed by atoms with E-state index in [4.69, 9.17) is 29.7 Å². The van der Waals surface area contributed by atoms with Crippen LogP contribution < -0.4 is 5.32 Å². The molecule has 38 heavy (non-hydrogen) atoms. The van der Waals surface area contributed by atoms with Crippen molar-refractivity contribution < 1.29 is 69.2 Å². The Labute approximate surface area is 207 Å². The van der Waals surface area contributed by atoms with Crippen LogP contribution in [0.3, 0.4) is 0 Å². The Hall–Kier alpha value is -3.83. The van der Waals surface area contributed by atoms with Gasteiger partial charge in [0.05, 0.1) is 6.33 Å². The molecule has 1 aromatic heterocycles. The Kier molecular flexibility index (Phi) is 13.3. The highest BCUT2D eigenvalue weighted by Crippen LogP contribution is 2.26. The first kappa shape index (κ1) is 34.2. The van der Waals surface area contributed by atoms with Gasteiger partial charge in [-0.05, 0) is 38.1 Å². The summed E-state index contributed by atoms with van der Waals surface area (Å²) in [6.45, 7) is 2.23. The van der Waals surface area contributed by atoms with Crippen molar-refractivity contribution in [1.82, 2.24) is 14.9 Å². The van der Waals surface area contributed by atoms with Gasteiger partial charge in [0, 0.05) is 23.5 Å². The Morgan fingerprint density at radius 1 is 0.763 bits per heavy atom. The van der Waals surface area contributed by atoms with E-state index in [1.54, 1.807) is 0 Å². The number of rotatable bonds is 2. The molecule has 0 unspecified atom stereocenters. The number of para-hydroxylation sites is 1. The lowest BCUT2D eigenvalue weighted by molar-refractivity contribution is -0.193. The molecule has 0 spiro atoms. The van der Waals surface area contributed by atoms with E-state index in [1.165, 1.54) is 24.2 Å². The van der Waals surface area contributed by atoms with Crippen molar-refractivity contribution in [1.29, 1.82) is 0 Å². The van der Waals surface area contributed by atoms with E-state index in [1.807, 2.05) is 18.6 Å². The Balaban J connectivity index is 0.000000550. The molecule has 9 nitrogen and oxygen atoms in total. The molecule has 2 heterocycles. The van der Waals surface area contributed by atoms with E-state index < -0.39 is 36.4 Å². The number of aromatic nitrogens is 2. The number of nitrogens with one attached hydrogen (secondary N) is 1. The van der Waals surface area contributed by atoms with Crippen LogP contribution in [0, 0.1) is 0 Å². The fourth-order valence-corrected chi connectivity index (χ4v) is 2.53. The molecule has 0 aliphatic carbocycles. The van der Waals surface area contributed by atoms with Crippen LogP contribution in [0.5, 0.6) is 0 Å². The second-order valence-corrected chi connectivity index (χ2v) is 6.96. The van der Waals surface area contributed by atoms with Crippen LogP contribution in [-0.4, -0.2) is 74.4 Å². The van der Waals surface area contributed by atoms with Crippen molar-refractivity contribution in [2.45, 2.75) is 37.3 Å². The van der Waals surface area contributed by atoms with Crippen molar-refractivity contribution in [2.75, 3.05) is 13.1 Å². The number of benzene rings is 1. The number of imidazole rings is 1. The van der Waals surface area contributed by atoms with Gasteiger partial charge in [-0.3, -0.25) is 0 Å². The summed E-state index contributed by atoms with van der Waals surface area (Å²) >= 11 is 0. The number of carbonyl (C=O) groups is 3. The van der Waals surface area contributed by atoms with Crippen molar-refractivity contribution in [3.63, 3.8) is 0 Å². The quantitative estimate of drug-likeness (QED) is 0.394. The second-order valence-electron chi connectivity index (χ2n) is 6.96. The third kappa shape index (κ3) is 13.5. The van der Waals surface area contributed by atoms with Crippen LogP contribution in [-0.2, 0) is 14.4 Å². The maximum absolute atomic E-state index is 10.6. The standard InChI is InChI=1S/C14H17N3.3C2HF3O2/c1-2-4-13(5-3-1)17-11-16-10-14(17)12-6-8-15-9-7-12;3*3-2(4,5)1(6)7/h1-5,10-12,15H,6-9H2;3*(H,6,7). The third-order valence-electron chi connectivity index (χ3n) is 4.19. The van der Waals surface area contributed by atoms with Crippen molar-refractivity contribution >= 4 is 17.9 Å². The first-order valence-electron chi connectivity index (χ1n) is 9.97. The molecular formula is C20H20F9N3O6. The number of nitrogens with zero attached hydrogens (tertiary/aromatic N) is 2. The average Bonchev–Trinajstić information content (AvgIpc) is 3.30. The van der Waals surface area contributed by atoms with Gasteiger partial charge in [-0.2, -0.15) is 39.5 Å². The minimum absolute atomic E-state index is 0.638. The molecule has 1 saturated heterocycles. The highest BCUT2D eigenvalue weighted by Gasteiger charge is 2.39. The topological polar surface area (TPSA) is 142 Å². The van der Waals surface area contributed by atoms with Crippen LogP contribution in [0.4, 0.5) is 39.5 Å². The maximum Gasteiger partial charge on any atom is 0.490 e. The van der Waals surface area contributed by atoms with Gasteiger partial charge in [-0.1, -0.05) is 18.2 Å². The molecule has 0 amide bonds. The summed E-state index contributed by atoms with van der Waals surface area (Å²) in [5.74, 6) is -7.63. The Bertz CT molecular complexity index is 959. The number of aliphatic carboxylic acids is 3. The van der Waals surface area contributed by atoms with E-state index in [-0.39, 0.29) is 0 Å². The number of alkyl halides is 9. The SMILES string of the molecule is O=C(O)C(F)(F)F.O=C(O)C(F)(F)F.O=C(O)C(F)(F)F.c1ccc(-n2cncc2C2CCNCC2)cc1.